The molecule has 15 heavy (non-hydrogen) atoms. The average Bonchev–Trinajstić information content (AvgIpc) is 2.38. The number of rotatable bonds is 0. The van der Waals surface area contributed by atoms with Gasteiger partial charge in [0.25, 0.3) is 0 Å². The molecule has 0 aromatic heterocycles. The Hall–Kier alpha value is -0.570. The SMILES string of the molecule is O=C1N[C@@H]2CCCCC[C@H]2NC12CCC2. The van der Waals surface area contributed by atoms with Crippen molar-refractivity contribution in [3.63, 3.8) is 0 Å². The Balaban J connectivity index is 1.77. The monoisotopic (exact) mass is 208 g/mol. The molecule has 3 aliphatic rings. The number of amides is 1. The van der Waals surface area contributed by atoms with Gasteiger partial charge in [0.15, 0.2) is 0 Å². The fourth-order valence-corrected chi connectivity index (χ4v) is 3.28. The third kappa shape index (κ3) is 1.48. The highest BCUT2D eigenvalue weighted by Gasteiger charge is 2.50. The van der Waals surface area contributed by atoms with Gasteiger partial charge < -0.3 is 5.32 Å². The molecule has 0 unspecified atom stereocenters. The first-order valence-electron chi connectivity index (χ1n) is 6.39. The molecular weight excluding hydrogens is 188 g/mol. The van der Waals surface area contributed by atoms with Gasteiger partial charge in [0.1, 0.15) is 0 Å². The van der Waals surface area contributed by atoms with E-state index in [0.717, 1.165) is 12.8 Å². The maximum Gasteiger partial charge on any atom is 0.240 e. The van der Waals surface area contributed by atoms with Gasteiger partial charge in [-0.3, -0.25) is 10.1 Å². The van der Waals surface area contributed by atoms with Crippen LogP contribution in [-0.2, 0) is 4.79 Å². The first-order chi connectivity index (χ1) is 7.30. The van der Waals surface area contributed by atoms with Crippen LogP contribution in [0.25, 0.3) is 0 Å². The molecule has 2 aliphatic carbocycles. The van der Waals surface area contributed by atoms with Crippen LogP contribution in [0, 0.1) is 0 Å². The van der Waals surface area contributed by atoms with Crippen LogP contribution in [-0.4, -0.2) is 23.5 Å². The normalized spacial score (nSPS) is 38.8. The topological polar surface area (TPSA) is 41.1 Å². The van der Waals surface area contributed by atoms with Crippen LogP contribution < -0.4 is 10.6 Å². The number of fused-ring (bicyclic) bond motifs is 1. The van der Waals surface area contributed by atoms with Crippen LogP contribution in [0.3, 0.4) is 0 Å². The van der Waals surface area contributed by atoms with Crippen molar-refractivity contribution in [3.05, 3.63) is 0 Å². The van der Waals surface area contributed by atoms with E-state index in [0.29, 0.717) is 12.1 Å². The van der Waals surface area contributed by atoms with Crippen molar-refractivity contribution in [1.82, 2.24) is 10.6 Å². The molecule has 1 aliphatic heterocycles. The molecule has 2 saturated carbocycles. The van der Waals surface area contributed by atoms with Gasteiger partial charge in [-0.2, -0.15) is 0 Å². The quantitative estimate of drug-likeness (QED) is 0.630. The highest BCUT2D eigenvalue weighted by molar-refractivity contribution is 5.88. The van der Waals surface area contributed by atoms with Gasteiger partial charge in [0.2, 0.25) is 5.91 Å². The molecular formula is C12H20N2O. The van der Waals surface area contributed by atoms with Gasteiger partial charge >= 0.3 is 0 Å². The van der Waals surface area contributed by atoms with Crippen LogP contribution in [0.1, 0.15) is 51.4 Å². The summed E-state index contributed by atoms with van der Waals surface area (Å²) in [6, 6.07) is 0.955. The minimum Gasteiger partial charge on any atom is -0.350 e. The summed E-state index contributed by atoms with van der Waals surface area (Å²) >= 11 is 0. The average molecular weight is 208 g/mol. The number of carbonyl (C=O) groups is 1. The summed E-state index contributed by atoms with van der Waals surface area (Å²) < 4.78 is 0. The summed E-state index contributed by atoms with van der Waals surface area (Å²) in [4.78, 5) is 12.0. The van der Waals surface area contributed by atoms with Crippen molar-refractivity contribution in [2.24, 2.45) is 0 Å². The van der Waals surface area contributed by atoms with Gasteiger partial charge in [-0.25, -0.2) is 0 Å². The van der Waals surface area contributed by atoms with Gasteiger partial charge in [-0.1, -0.05) is 19.3 Å². The lowest BCUT2D eigenvalue weighted by atomic mass is 9.73. The summed E-state index contributed by atoms with van der Waals surface area (Å²) in [7, 11) is 0. The highest BCUT2D eigenvalue weighted by atomic mass is 16.2. The van der Waals surface area contributed by atoms with E-state index in [9.17, 15) is 4.79 Å². The second-order valence-corrected chi connectivity index (χ2v) is 5.40. The predicted octanol–water partition coefficient (Wildman–Crippen LogP) is 1.33. The zero-order valence-corrected chi connectivity index (χ0v) is 9.22. The van der Waals surface area contributed by atoms with Crippen molar-refractivity contribution in [2.75, 3.05) is 0 Å². The van der Waals surface area contributed by atoms with E-state index in [4.69, 9.17) is 0 Å². The molecule has 0 bridgehead atoms. The Morgan fingerprint density at radius 3 is 2.40 bits per heavy atom. The van der Waals surface area contributed by atoms with Gasteiger partial charge in [-0.05, 0) is 32.1 Å². The standard InChI is InChI=1S/C12H20N2O/c15-11-12(7-4-8-12)14-10-6-3-1-2-5-9(10)13-11/h9-10,14H,1-8H2,(H,13,15)/t9-,10-/m1/s1. The lowest BCUT2D eigenvalue weighted by Crippen LogP contribution is -2.73. The maximum atomic E-state index is 12.0. The highest BCUT2D eigenvalue weighted by Crippen LogP contribution is 2.36. The lowest BCUT2D eigenvalue weighted by Gasteiger charge is -2.50. The molecule has 0 radical (unpaired) electrons. The Kier molecular flexibility index (Phi) is 2.23. The molecule has 3 rings (SSSR count). The fourth-order valence-electron chi connectivity index (χ4n) is 3.28. The number of nitrogens with one attached hydrogen (secondary N) is 2. The Morgan fingerprint density at radius 2 is 1.73 bits per heavy atom. The molecule has 3 fully saturated rings. The van der Waals surface area contributed by atoms with Crippen molar-refractivity contribution in [2.45, 2.75) is 69.0 Å². The Bertz CT molecular complexity index is 273. The number of hydrogen-bond acceptors (Lipinski definition) is 2. The molecule has 1 amide bonds. The van der Waals surface area contributed by atoms with Gasteiger partial charge in [-0.15, -0.1) is 0 Å². The van der Waals surface area contributed by atoms with E-state index in [1.165, 1.54) is 38.5 Å². The molecule has 84 valence electrons. The van der Waals surface area contributed by atoms with Gasteiger partial charge in [0, 0.05) is 12.1 Å². The third-order valence-electron chi connectivity index (χ3n) is 4.44. The van der Waals surface area contributed by atoms with E-state index in [2.05, 4.69) is 10.6 Å². The number of carbonyl (C=O) groups excluding carboxylic acids is 1. The molecule has 0 aromatic rings. The summed E-state index contributed by atoms with van der Waals surface area (Å²) in [6.07, 6.45) is 9.63. The predicted molar refractivity (Wildman–Crippen MR) is 58.5 cm³/mol. The van der Waals surface area contributed by atoms with E-state index < -0.39 is 0 Å². The Labute approximate surface area is 91.0 Å². The van der Waals surface area contributed by atoms with E-state index in [1.54, 1.807) is 0 Å². The van der Waals surface area contributed by atoms with Crippen molar-refractivity contribution >= 4 is 5.91 Å². The lowest BCUT2D eigenvalue weighted by molar-refractivity contribution is -0.136. The van der Waals surface area contributed by atoms with Crippen LogP contribution in [0.5, 0.6) is 0 Å². The first-order valence-corrected chi connectivity index (χ1v) is 6.39. The van der Waals surface area contributed by atoms with Crippen LogP contribution in [0.2, 0.25) is 0 Å². The van der Waals surface area contributed by atoms with Crippen molar-refractivity contribution in [3.8, 4) is 0 Å². The van der Waals surface area contributed by atoms with Crippen LogP contribution in [0.4, 0.5) is 0 Å². The molecule has 3 nitrogen and oxygen atoms in total. The molecule has 1 saturated heterocycles. The zero-order chi connectivity index (χ0) is 10.3. The van der Waals surface area contributed by atoms with E-state index in [-0.39, 0.29) is 11.4 Å². The summed E-state index contributed by atoms with van der Waals surface area (Å²) in [5, 5.41) is 6.90. The second-order valence-electron chi connectivity index (χ2n) is 5.40. The summed E-state index contributed by atoms with van der Waals surface area (Å²) in [5.41, 5.74) is -0.161. The third-order valence-corrected chi connectivity index (χ3v) is 4.44. The summed E-state index contributed by atoms with van der Waals surface area (Å²) in [5.74, 6) is 0.275. The molecule has 2 N–H and O–H groups in total. The minimum atomic E-state index is -0.161. The van der Waals surface area contributed by atoms with Crippen molar-refractivity contribution < 1.29 is 4.79 Å². The second kappa shape index (κ2) is 3.48. The van der Waals surface area contributed by atoms with Crippen LogP contribution >= 0.6 is 0 Å². The largest absolute Gasteiger partial charge is 0.350 e. The molecule has 2 atom stereocenters. The maximum absolute atomic E-state index is 12.0. The van der Waals surface area contributed by atoms with E-state index >= 15 is 0 Å². The zero-order valence-electron chi connectivity index (χ0n) is 9.22. The molecule has 0 aromatic carbocycles. The number of piperazine rings is 1. The van der Waals surface area contributed by atoms with Crippen molar-refractivity contribution in [1.29, 1.82) is 0 Å². The molecule has 1 spiro atoms. The van der Waals surface area contributed by atoms with Crippen LogP contribution in [0.15, 0.2) is 0 Å². The smallest absolute Gasteiger partial charge is 0.240 e. The molecule has 3 heteroatoms. The summed E-state index contributed by atoms with van der Waals surface area (Å²) in [6.45, 7) is 0. The minimum absolute atomic E-state index is 0.161. The fraction of sp³-hybridized carbons (Fsp3) is 0.917. The first kappa shape index (κ1) is 9.64. The Morgan fingerprint density at radius 1 is 1.00 bits per heavy atom. The molecule has 1 heterocycles. The van der Waals surface area contributed by atoms with E-state index in [1.807, 2.05) is 0 Å². The number of hydrogen-bond donors (Lipinski definition) is 2. The van der Waals surface area contributed by atoms with Gasteiger partial charge in [0.05, 0.1) is 5.54 Å².